The Balaban J connectivity index is 1.84. The van der Waals surface area contributed by atoms with Gasteiger partial charge < -0.3 is 19.9 Å². The molecule has 0 radical (unpaired) electrons. The number of H-pyrrole nitrogens is 1. The number of alkyl halides is 6. The van der Waals surface area contributed by atoms with Crippen LogP contribution in [0.25, 0.3) is 22.2 Å². The van der Waals surface area contributed by atoms with Crippen LogP contribution in [0.2, 0.25) is 0 Å². The average molecular weight is 552 g/mol. The molecule has 2 heterocycles. The second-order valence-corrected chi connectivity index (χ2v) is 8.74. The fourth-order valence-corrected chi connectivity index (χ4v) is 4.05. The van der Waals surface area contributed by atoms with Gasteiger partial charge in [-0.1, -0.05) is 18.2 Å². The van der Waals surface area contributed by atoms with Crippen molar-refractivity contribution in [3.63, 3.8) is 0 Å². The molecule has 206 valence electrons. The van der Waals surface area contributed by atoms with Crippen molar-refractivity contribution in [1.82, 2.24) is 19.9 Å². The molecule has 14 heteroatoms. The maximum absolute atomic E-state index is 14.0. The molecule has 8 nitrogen and oxygen atoms in total. The topological polar surface area (TPSA) is 95.2 Å². The van der Waals surface area contributed by atoms with Gasteiger partial charge in [-0.2, -0.15) is 26.3 Å². The van der Waals surface area contributed by atoms with Crippen LogP contribution in [0.3, 0.4) is 0 Å². The van der Waals surface area contributed by atoms with E-state index in [1.165, 1.54) is 0 Å². The van der Waals surface area contributed by atoms with Crippen LogP contribution < -0.4 is 10.6 Å². The number of hydrogen-bond acceptors (Lipinski definition) is 6. The molecule has 2 aromatic heterocycles. The Morgan fingerprint density at radius 2 is 1.82 bits per heavy atom. The third kappa shape index (κ3) is 6.06. The number of methoxy groups -OCH3 is 1. The van der Waals surface area contributed by atoms with Gasteiger partial charge in [0.2, 0.25) is 5.95 Å². The number of ether oxygens (including phenoxy) is 1. The summed E-state index contributed by atoms with van der Waals surface area (Å²) in [5, 5.41) is 4.64. The summed E-state index contributed by atoms with van der Waals surface area (Å²) >= 11 is 0. The first-order valence-corrected chi connectivity index (χ1v) is 11.3. The summed E-state index contributed by atoms with van der Waals surface area (Å²) in [6.45, 7) is 0.609. The lowest BCUT2D eigenvalue weighted by molar-refractivity contribution is -0.137. The Hall–Kier alpha value is -4.33. The minimum absolute atomic E-state index is 0.186. The lowest BCUT2D eigenvalue weighted by atomic mass is 10.0. The number of carbonyl (C=O) groups excluding carboxylic acids is 1. The molecule has 1 amide bonds. The molecule has 2 aromatic carbocycles. The fraction of sp³-hybridized carbons (Fsp3) is 0.240. The predicted molar refractivity (Wildman–Crippen MR) is 132 cm³/mol. The summed E-state index contributed by atoms with van der Waals surface area (Å²) < 4.78 is 88.2. The number of benzene rings is 2. The van der Waals surface area contributed by atoms with Crippen molar-refractivity contribution in [2.45, 2.75) is 18.9 Å². The van der Waals surface area contributed by atoms with E-state index in [-0.39, 0.29) is 16.9 Å². The molecule has 0 atom stereocenters. The smallest absolute Gasteiger partial charge is 0.420 e. The van der Waals surface area contributed by atoms with E-state index in [0.717, 1.165) is 31.0 Å². The van der Waals surface area contributed by atoms with Crippen molar-refractivity contribution < 1.29 is 35.9 Å². The SMILES string of the molecule is COC(=O)Nc1ccc2c(-c3nc(Nc4cccc(CN(C)C)c4)ncc3C(F)(F)F)c[nH]c2c1C(F)(F)F. The van der Waals surface area contributed by atoms with E-state index in [1.54, 1.807) is 18.2 Å². The number of fused-ring (bicyclic) bond motifs is 1. The maximum atomic E-state index is 14.0. The Bertz CT molecular complexity index is 1510. The molecule has 0 spiro atoms. The van der Waals surface area contributed by atoms with E-state index < -0.39 is 46.5 Å². The van der Waals surface area contributed by atoms with Crippen molar-refractivity contribution in [1.29, 1.82) is 0 Å². The molecule has 0 aliphatic rings. The number of rotatable bonds is 6. The number of aromatic nitrogens is 3. The van der Waals surface area contributed by atoms with Crippen LogP contribution in [0.15, 0.2) is 48.8 Å². The van der Waals surface area contributed by atoms with Gasteiger partial charge in [0.15, 0.2) is 0 Å². The zero-order chi connectivity index (χ0) is 28.5. The van der Waals surface area contributed by atoms with Gasteiger partial charge >= 0.3 is 18.4 Å². The molecule has 0 bridgehead atoms. The van der Waals surface area contributed by atoms with E-state index in [0.29, 0.717) is 18.4 Å². The van der Waals surface area contributed by atoms with Crippen molar-refractivity contribution in [3.05, 3.63) is 65.5 Å². The highest BCUT2D eigenvalue weighted by molar-refractivity contribution is 6.01. The Kier molecular flexibility index (Phi) is 7.41. The molecular formula is C25H22F6N6O2. The molecule has 0 saturated heterocycles. The van der Waals surface area contributed by atoms with Gasteiger partial charge in [0, 0.05) is 35.6 Å². The van der Waals surface area contributed by atoms with Gasteiger partial charge in [-0.05, 0) is 37.9 Å². The third-order valence-electron chi connectivity index (χ3n) is 5.59. The van der Waals surface area contributed by atoms with Crippen molar-refractivity contribution in [2.24, 2.45) is 0 Å². The summed E-state index contributed by atoms with van der Waals surface area (Å²) in [6, 6.07) is 9.17. The van der Waals surface area contributed by atoms with E-state index in [2.05, 4.69) is 25.0 Å². The fourth-order valence-electron chi connectivity index (χ4n) is 4.05. The summed E-state index contributed by atoms with van der Waals surface area (Å²) in [5.74, 6) is -0.186. The Labute approximate surface area is 218 Å². The normalized spacial score (nSPS) is 12.2. The quantitative estimate of drug-likeness (QED) is 0.232. The van der Waals surface area contributed by atoms with Crippen LogP contribution in [-0.4, -0.2) is 47.2 Å². The number of aromatic amines is 1. The van der Waals surface area contributed by atoms with Gasteiger partial charge in [-0.15, -0.1) is 0 Å². The molecule has 0 unspecified atom stereocenters. The average Bonchev–Trinajstić information content (AvgIpc) is 3.26. The van der Waals surface area contributed by atoms with Crippen molar-refractivity contribution >= 4 is 34.3 Å². The van der Waals surface area contributed by atoms with Crippen LogP contribution in [0.5, 0.6) is 0 Å². The van der Waals surface area contributed by atoms with E-state index in [9.17, 15) is 31.1 Å². The number of hydrogen-bond donors (Lipinski definition) is 3. The molecular weight excluding hydrogens is 530 g/mol. The number of amides is 1. The third-order valence-corrected chi connectivity index (χ3v) is 5.59. The number of anilines is 3. The van der Waals surface area contributed by atoms with Crippen LogP contribution >= 0.6 is 0 Å². The molecule has 0 aliphatic heterocycles. The van der Waals surface area contributed by atoms with E-state index in [4.69, 9.17) is 0 Å². The highest BCUT2D eigenvalue weighted by atomic mass is 19.4. The summed E-state index contributed by atoms with van der Waals surface area (Å²) in [6.07, 6.45) is -9.44. The number of carbonyl (C=O) groups is 1. The highest BCUT2D eigenvalue weighted by Gasteiger charge is 2.39. The maximum Gasteiger partial charge on any atom is 0.420 e. The molecule has 4 rings (SSSR count). The monoisotopic (exact) mass is 552 g/mol. The minimum atomic E-state index is -4.97. The van der Waals surface area contributed by atoms with E-state index in [1.807, 2.05) is 30.4 Å². The van der Waals surface area contributed by atoms with Crippen LogP contribution in [0, 0.1) is 0 Å². The minimum Gasteiger partial charge on any atom is -0.453 e. The first kappa shape index (κ1) is 27.7. The number of halogens is 6. The first-order valence-electron chi connectivity index (χ1n) is 11.3. The number of nitrogens with zero attached hydrogens (tertiary/aromatic N) is 3. The van der Waals surface area contributed by atoms with Crippen LogP contribution in [0.4, 0.5) is 48.5 Å². The Morgan fingerprint density at radius 3 is 2.46 bits per heavy atom. The van der Waals surface area contributed by atoms with Crippen LogP contribution in [0.1, 0.15) is 16.7 Å². The van der Waals surface area contributed by atoms with Crippen LogP contribution in [-0.2, 0) is 23.6 Å². The highest BCUT2D eigenvalue weighted by Crippen LogP contribution is 2.44. The summed E-state index contributed by atoms with van der Waals surface area (Å²) in [4.78, 5) is 23.8. The van der Waals surface area contributed by atoms with Gasteiger partial charge in [0.05, 0.1) is 24.0 Å². The second kappa shape index (κ2) is 10.4. The van der Waals surface area contributed by atoms with Gasteiger partial charge in [-0.3, -0.25) is 5.32 Å². The van der Waals surface area contributed by atoms with Gasteiger partial charge in [0.25, 0.3) is 0 Å². The molecule has 39 heavy (non-hydrogen) atoms. The molecule has 0 fully saturated rings. The van der Waals surface area contributed by atoms with Gasteiger partial charge in [0.1, 0.15) is 11.1 Å². The standard InChI is InChI=1S/C25H22F6N6O2/c1-37(2)12-13-5-4-6-14(9-13)34-22-33-11-17(24(26,27)28)20(36-22)16-10-32-21-15(16)7-8-18(35-23(38)39-3)19(21)25(29,30)31/h4-11,32H,12H2,1-3H3,(H,35,38)(H,33,34,36). The lowest BCUT2D eigenvalue weighted by Crippen LogP contribution is -2.16. The molecule has 0 aliphatic carbocycles. The first-order chi connectivity index (χ1) is 18.3. The Morgan fingerprint density at radius 1 is 1.08 bits per heavy atom. The summed E-state index contributed by atoms with van der Waals surface area (Å²) in [7, 11) is 4.74. The molecule has 0 saturated carbocycles. The van der Waals surface area contributed by atoms with E-state index >= 15 is 0 Å². The molecule has 4 aromatic rings. The lowest BCUT2D eigenvalue weighted by Gasteiger charge is -2.16. The van der Waals surface area contributed by atoms with Crippen molar-refractivity contribution in [2.75, 3.05) is 31.8 Å². The largest absolute Gasteiger partial charge is 0.453 e. The molecule has 3 N–H and O–H groups in total. The zero-order valence-corrected chi connectivity index (χ0v) is 20.8. The second-order valence-electron chi connectivity index (χ2n) is 8.74. The zero-order valence-electron chi connectivity index (χ0n) is 20.8. The predicted octanol–water partition coefficient (Wildman–Crippen LogP) is 6.65. The number of nitrogens with one attached hydrogen (secondary N) is 3. The summed E-state index contributed by atoms with van der Waals surface area (Å²) in [5.41, 5.74) is -3.12. The van der Waals surface area contributed by atoms with Gasteiger partial charge in [-0.25, -0.2) is 14.8 Å². The van der Waals surface area contributed by atoms with Crippen molar-refractivity contribution in [3.8, 4) is 11.3 Å².